The van der Waals surface area contributed by atoms with Gasteiger partial charge in [-0.3, -0.25) is 5.10 Å². The lowest BCUT2D eigenvalue weighted by atomic mass is 9.76. The Labute approximate surface area is 97.6 Å². The van der Waals surface area contributed by atoms with Gasteiger partial charge in [0.25, 0.3) is 0 Å². The minimum atomic E-state index is -4.14. The van der Waals surface area contributed by atoms with Crippen molar-refractivity contribution in [1.29, 1.82) is 0 Å². The van der Waals surface area contributed by atoms with Crippen molar-refractivity contribution in [2.75, 3.05) is 5.73 Å². The molecule has 0 aromatic carbocycles. The van der Waals surface area contributed by atoms with Crippen LogP contribution in [0.3, 0.4) is 0 Å². The maximum absolute atomic E-state index is 12.9. The second kappa shape index (κ2) is 4.23. The zero-order chi connectivity index (χ0) is 12.6. The minimum Gasteiger partial charge on any atom is -0.382 e. The molecule has 6 heteroatoms. The van der Waals surface area contributed by atoms with Crippen molar-refractivity contribution >= 4 is 5.82 Å². The zero-order valence-electron chi connectivity index (χ0n) is 9.64. The van der Waals surface area contributed by atoms with E-state index in [4.69, 9.17) is 5.73 Å². The lowest BCUT2D eigenvalue weighted by Crippen LogP contribution is -2.32. The summed E-state index contributed by atoms with van der Waals surface area (Å²) in [6, 6.07) is 0. The number of aromatic nitrogens is 2. The van der Waals surface area contributed by atoms with Crippen LogP contribution in [0.15, 0.2) is 0 Å². The normalized spacial score (nSPS) is 26.1. The van der Waals surface area contributed by atoms with Crippen LogP contribution in [-0.2, 0) is 0 Å². The number of nitrogen functional groups attached to an aromatic ring is 1. The lowest BCUT2D eigenvalue weighted by Gasteiger charge is -2.32. The molecule has 1 aliphatic carbocycles. The summed E-state index contributed by atoms with van der Waals surface area (Å²) in [5.41, 5.74) is 6.80. The molecule has 3 nitrogen and oxygen atoms in total. The predicted molar refractivity (Wildman–Crippen MR) is 58.5 cm³/mol. The number of nitrogens with one attached hydrogen (secondary N) is 1. The molecule has 0 bridgehead atoms. The van der Waals surface area contributed by atoms with Gasteiger partial charge in [-0.2, -0.15) is 18.3 Å². The van der Waals surface area contributed by atoms with Crippen molar-refractivity contribution in [3.05, 3.63) is 11.3 Å². The Bertz CT molecular complexity index is 397. The largest absolute Gasteiger partial charge is 0.392 e. The first-order valence-electron chi connectivity index (χ1n) is 5.78. The molecule has 0 radical (unpaired) electrons. The van der Waals surface area contributed by atoms with Crippen molar-refractivity contribution in [3.8, 4) is 0 Å². The van der Waals surface area contributed by atoms with Gasteiger partial charge in [-0.15, -0.1) is 0 Å². The molecule has 1 aromatic heterocycles. The van der Waals surface area contributed by atoms with Gasteiger partial charge in [-0.05, 0) is 19.8 Å². The Balaban J connectivity index is 2.31. The van der Waals surface area contributed by atoms with E-state index in [1.165, 1.54) is 0 Å². The van der Waals surface area contributed by atoms with Crippen LogP contribution in [0, 0.1) is 12.8 Å². The van der Waals surface area contributed by atoms with Crippen LogP contribution in [0.2, 0.25) is 0 Å². The smallest absolute Gasteiger partial charge is 0.382 e. The zero-order valence-corrected chi connectivity index (χ0v) is 9.64. The molecule has 96 valence electrons. The van der Waals surface area contributed by atoms with E-state index < -0.39 is 18.0 Å². The Morgan fingerprint density at radius 3 is 2.47 bits per heavy atom. The monoisotopic (exact) mass is 247 g/mol. The summed E-state index contributed by atoms with van der Waals surface area (Å²) < 4.78 is 38.8. The highest BCUT2D eigenvalue weighted by Crippen LogP contribution is 2.46. The lowest BCUT2D eigenvalue weighted by molar-refractivity contribution is -0.187. The number of nitrogens with two attached hydrogens (primary N) is 1. The third kappa shape index (κ3) is 2.25. The first-order chi connectivity index (χ1) is 7.91. The molecule has 2 unspecified atom stereocenters. The van der Waals surface area contributed by atoms with E-state index in [1.54, 1.807) is 6.92 Å². The fourth-order valence-corrected chi connectivity index (χ4v) is 2.66. The Hall–Kier alpha value is -1.20. The van der Waals surface area contributed by atoms with E-state index in [2.05, 4.69) is 10.2 Å². The number of rotatable bonds is 1. The minimum absolute atomic E-state index is 0.201. The fraction of sp³-hybridized carbons (Fsp3) is 0.727. The summed E-state index contributed by atoms with van der Waals surface area (Å²) in [6.45, 7) is 1.72. The molecule has 2 rings (SSSR count). The maximum atomic E-state index is 12.9. The number of alkyl halides is 3. The molecule has 0 spiro atoms. The summed E-state index contributed by atoms with van der Waals surface area (Å²) in [6.07, 6.45) is -1.92. The van der Waals surface area contributed by atoms with Crippen molar-refractivity contribution in [2.24, 2.45) is 5.92 Å². The summed E-state index contributed by atoms with van der Waals surface area (Å²) in [5, 5.41) is 6.46. The molecule has 1 saturated carbocycles. The van der Waals surface area contributed by atoms with Crippen molar-refractivity contribution in [2.45, 2.75) is 44.7 Å². The van der Waals surface area contributed by atoms with E-state index in [-0.39, 0.29) is 6.42 Å². The number of nitrogens with zero attached hydrogens (tertiary/aromatic N) is 1. The molecule has 2 atom stereocenters. The number of halogens is 3. The highest BCUT2D eigenvalue weighted by Gasteiger charge is 2.46. The summed E-state index contributed by atoms with van der Waals surface area (Å²) in [7, 11) is 0. The Morgan fingerprint density at radius 1 is 1.29 bits per heavy atom. The van der Waals surface area contributed by atoms with Crippen molar-refractivity contribution < 1.29 is 13.2 Å². The van der Waals surface area contributed by atoms with Crippen LogP contribution in [0.5, 0.6) is 0 Å². The van der Waals surface area contributed by atoms with E-state index in [0.29, 0.717) is 29.9 Å². The molecule has 0 amide bonds. The van der Waals surface area contributed by atoms with Crippen LogP contribution in [0.1, 0.15) is 42.9 Å². The van der Waals surface area contributed by atoms with Gasteiger partial charge in [0.05, 0.1) is 5.92 Å². The topological polar surface area (TPSA) is 54.7 Å². The van der Waals surface area contributed by atoms with Crippen LogP contribution < -0.4 is 5.73 Å². The molecule has 1 fully saturated rings. The second-order valence-corrected chi connectivity index (χ2v) is 4.69. The maximum Gasteiger partial charge on any atom is 0.392 e. The number of aromatic amines is 1. The standard InChI is InChI=1S/C11H16F3N3/c1-6-9(16-17-10(6)15)7-4-2-3-5-8(7)11(12,13)14/h7-8H,2-5H2,1H3,(H3,15,16,17). The SMILES string of the molecule is Cc1c(N)n[nH]c1C1CCCCC1C(F)(F)F. The van der Waals surface area contributed by atoms with E-state index >= 15 is 0 Å². The number of anilines is 1. The van der Waals surface area contributed by atoms with Crippen LogP contribution in [0.4, 0.5) is 19.0 Å². The molecule has 17 heavy (non-hydrogen) atoms. The van der Waals surface area contributed by atoms with E-state index in [1.807, 2.05) is 0 Å². The van der Waals surface area contributed by atoms with Crippen molar-refractivity contribution in [1.82, 2.24) is 10.2 Å². The Kier molecular flexibility index (Phi) is 3.05. The van der Waals surface area contributed by atoms with Crippen molar-refractivity contribution in [3.63, 3.8) is 0 Å². The van der Waals surface area contributed by atoms with E-state index in [0.717, 1.165) is 6.42 Å². The number of hydrogen-bond acceptors (Lipinski definition) is 2. The molecule has 1 heterocycles. The van der Waals surface area contributed by atoms with Gasteiger partial charge in [0.2, 0.25) is 0 Å². The summed E-state index contributed by atoms with van der Waals surface area (Å²) in [5.74, 6) is -1.49. The molecule has 3 N–H and O–H groups in total. The average Bonchev–Trinajstić information content (AvgIpc) is 2.59. The van der Waals surface area contributed by atoms with E-state index in [9.17, 15) is 13.2 Å². The van der Waals surface area contributed by atoms with Gasteiger partial charge >= 0.3 is 6.18 Å². The molecular formula is C11H16F3N3. The molecule has 1 aromatic rings. The first-order valence-corrected chi connectivity index (χ1v) is 5.78. The van der Waals surface area contributed by atoms with Gasteiger partial charge < -0.3 is 5.73 Å². The quantitative estimate of drug-likeness (QED) is 0.801. The average molecular weight is 247 g/mol. The Morgan fingerprint density at radius 2 is 1.94 bits per heavy atom. The van der Waals surface area contributed by atoms with Crippen LogP contribution in [0.25, 0.3) is 0 Å². The third-order valence-corrected chi connectivity index (χ3v) is 3.64. The van der Waals surface area contributed by atoms with Gasteiger partial charge in [-0.25, -0.2) is 0 Å². The first kappa shape index (κ1) is 12.3. The fourth-order valence-electron chi connectivity index (χ4n) is 2.66. The van der Waals surface area contributed by atoms with Gasteiger partial charge in [0.1, 0.15) is 5.82 Å². The highest BCUT2D eigenvalue weighted by molar-refractivity contribution is 5.42. The molecule has 1 aliphatic rings. The van der Waals surface area contributed by atoms with Crippen LogP contribution in [-0.4, -0.2) is 16.4 Å². The van der Waals surface area contributed by atoms with Gasteiger partial charge in [0, 0.05) is 17.2 Å². The van der Waals surface area contributed by atoms with Gasteiger partial charge in [-0.1, -0.05) is 12.8 Å². The molecular weight excluding hydrogens is 231 g/mol. The molecule has 0 aliphatic heterocycles. The second-order valence-electron chi connectivity index (χ2n) is 4.69. The number of H-pyrrole nitrogens is 1. The predicted octanol–water partition coefficient (Wildman–Crippen LogP) is 3.14. The summed E-state index contributed by atoms with van der Waals surface area (Å²) in [4.78, 5) is 0. The summed E-state index contributed by atoms with van der Waals surface area (Å²) >= 11 is 0. The highest BCUT2D eigenvalue weighted by atomic mass is 19.4. The molecule has 0 saturated heterocycles. The third-order valence-electron chi connectivity index (χ3n) is 3.64. The van der Waals surface area contributed by atoms with Crippen LogP contribution >= 0.6 is 0 Å². The number of hydrogen-bond donors (Lipinski definition) is 2. The van der Waals surface area contributed by atoms with Gasteiger partial charge in [0.15, 0.2) is 0 Å².